The zero-order chi connectivity index (χ0) is 19.9. The molecule has 2 aromatic rings. The number of carbonyl (C=O) groups excluding carboxylic acids is 1. The van der Waals surface area contributed by atoms with E-state index >= 15 is 0 Å². The number of nitrogens with zero attached hydrogens (tertiary/aromatic N) is 2. The van der Waals surface area contributed by atoms with Crippen LogP contribution in [0.15, 0.2) is 42.6 Å². The summed E-state index contributed by atoms with van der Waals surface area (Å²) in [6.07, 6.45) is 3.80. The minimum absolute atomic E-state index is 0.0146. The molecule has 1 aromatic carbocycles. The summed E-state index contributed by atoms with van der Waals surface area (Å²) in [5, 5.41) is 3.11. The minimum atomic E-state index is -0.0350. The summed E-state index contributed by atoms with van der Waals surface area (Å²) in [5.41, 5.74) is 2.06. The molecule has 6 heteroatoms. The number of ether oxygens (including phenoxy) is 2. The number of piperidine rings is 1. The molecule has 28 heavy (non-hydrogen) atoms. The van der Waals surface area contributed by atoms with E-state index in [1.54, 1.807) is 27.3 Å². The van der Waals surface area contributed by atoms with Crippen molar-refractivity contribution in [1.29, 1.82) is 0 Å². The molecule has 1 aromatic heterocycles. The standard InChI is InChI=1S/C22H29N3O3/c1-16(26)24-22(20-6-4-5-11-23-20)17-9-12-25(13-10-17)15-18-14-19(27-2)7-8-21(18)28-3/h4-8,11,14,17,22H,9-10,12-13,15H2,1-3H3,(H,24,26)/t22-/m0/s1. The average Bonchev–Trinajstić information content (AvgIpc) is 2.73. The number of rotatable bonds is 7. The number of hydrogen-bond acceptors (Lipinski definition) is 5. The first-order valence-corrected chi connectivity index (χ1v) is 9.72. The molecule has 1 aliphatic rings. The van der Waals surface area contributed by atoms with Gasteiger partial charge in [-0.1, -0.05) is 6.07 Å². The molecule has 1 atom stereocenters. The van der Waals surface area contributed by atoms with Gasteiger partial charge in [0.25, 0.3) is 0 Å². The van der Waals surface area contributed by atoms with E-state index in [2.05, 4.69) is 15.2 Å². The molecule has 2 heterocycles. The Morgan fingerprint density at radius 1 is 1.21 bits per heavy atom. The SMILES string of the molecule is COc1ccc(OC)c(CN2CCC([C@H](NC(C)=O)c3ccccn3)CC2)c1. The number of hydrogen-bond donors (Lipinski definition) is 1. The third kappa shape index (κ3) is 5.01. The van der Waals surface area contributed by atoms with E-state index in [4.69, 9.17) is 9.47 Å². The monoisotopic (exact) mass is 383 g/mol. The average molecular weight is 383 g/mol. The van der Waals surface area contributed by atoms with Crippen LogP contribution in [-0.4, -0.2) is 43.1 Å². The summed E-state index contributed by atoms with van der Waals surface area (Å²) in [5.74, 6) is 2.08. The first kappa shape index (κ1) is 20.1. The Morgan fingerprint density at radius 2 is 2.00 bits per heavy atom. The van der Waals surface area contributed by atoms with Crippen molar-refractivity contribution in [2.24, 2.45) is 5.92 Å². The number of methoxy groups -OCH3 is 2. The summed E-state index contributed by atoms with van der Waals surface area (Å²) in [6.45, 7) is 4.32. The molecule has 6 nitrogen and oxygen atoms in total. The molecule has 1 N–H and O–H groups in total. The summed E-state index contributed by atoms with van der Waals surface area (Å²) in [7, 11) is 3.37. The molecule has 0 unspecified atom stereocenters. The second kappa shape index (κ2) is 9.55. The lowest BCUT2D eigenvalue weighted by Crippen LogP contribution is -2.40. The lowest BCUT2D eigenvalue weighted by Gasteiger charge is -2.36. The van der Waals surface area contributed by atoms with Crippen molar-refractivity contribution in [3.05, 3.63) is 53.9 Å². The van der Waals surface area contributed by atoms with Gasteiger partial charge in [-0.25, -0.2) is 0 Å². The van der Waals surface area contributed by atoms with Crippen molar-refractivity contribution in [2.45, 2.75) is 32.4 Å². The van der Waals surface area contributed by atoms with Gasteiger partial charge in [-0.3, -0.25) is 14.7 Å². The highest BCUT2D eigenvalue weighted by Gasteiger charge is 2.29. The number of amides is 1. The molecule has 0 spiro atoms. The van der Waals surface area contributed by atoms with Gasteiger partial charge < -0.3 is 14.8 Å². The zero-order valence-electron chi connectivity index (χ0n) is 16.9. The number of likely N-dealkylation sites (tertiary alicyclic amines) is 1. The lowest BCUT2D eigenvalue weighted by atomic mass is 9.87. The predicted octanol–water partition coefficient (Wildman–Crippen LogP) is 3.19. The van der Waals surface area contributed by atoms with E-state index in [1.807, 2.05) is 36.4 Å². The van der Waals surface area contributed by atoms with Gasteiger partial charge in [0.2, 0.25) is 5.91 Å². The number of aromatic nitrogens is 1. The van der Waals surface area contributed by atoms with Gasteiger partial charge in [0.15, 0.2) is 0 Å². The van der Waals surface area contributed by atoms with E-state index in [0.717, 1.165) is 55.2 Å². The van der Waals surface area contributed by atoms with Crippen LogP contribution in [0.1, 0.15) is 37.1 Å². The van der Waals surface area contributed by atoms with Gasteiger partial charge in [-0.15, -0.1) is 0 Å². The van der Waals surface area contributed by atoms with Gasteiger partial charge in [-0.05, 0) is 62.2 Å². The van der Waals surface area contributed by atoms with Crippen LogP contribution in [0.3, 0.4) is 0 Å². The second-order valence-electron chi connectivity index (χ2n) is 7.22. The molecule has 1 saturated heterocycles. The van der Waals surface area contributed by atoms with Gasteiger partial charge in [0.05, 0.1) is 26.0 Å². The van der Waals surface area contributed by atoms with Crippen molar-refractivity contribution < 1.29 is 14.3 Å². The van der Waals surface area contributed by atoms with Crippen LogP contribution >= 0.6 is 0 Å². The Bertz CT molecular complexity index is 774. The minimum Gasteiger partial charge on any atom is -0.497 e. The summed E-state index contributed by atoms with van der Waals surface area (Å²) in [4.78, 5) is 18.6. The van der Waals surface area contributed by atoms with Crippen molar-refractivity contribution in [1.82, 2.24) is 15.2 Å². The van der Waals surface area contributed by atoms with Gasteiger partial charge in [0.1, 0.15) is 11.5 Å². The largest absolute Gasteiger partial charge is 0.497 e. The quantitative estimate of drug-likeness (QED) is 0.796. The van der Waals surface area contributed by atoms with E-state index in [1.165, 1.54) is 0 Å². The fraction of sp³-hybridized carbons (Fsp3) is 0.455. The van der Waals surface area contributed by atoms with Crippen molar-refractivity contribution >= 4 is 5.91 Å². The maximum Gasteiger partial charge on any atom is 0.217 e. The molecule has 0 bridgehead atoms. The third-order valence-electron chi connectivity index (χ3n) is 5.35. The Kier molecular flexibility index (Phi) is 6.87. The number of nitrogens with one attached hydrogen (secondary N) is 1. The number of pyridine rings is 1. The van der Waals surface area contributed by atoms with Crippen molar-refractivity contribution in [3.63, 3.8) is 0 Å². The molecule has 150 valence electrons. The molecule has 3 rings (SSSR count). The molecular formula is C22H29N3O3. The Morgan fingerprint density at radius 3 is 2.61 bits per heavy atom. The first-order chi connectivity index (χ1) is 13.6. The van der Waals surface area contributed by atoms with Crippen LogP contribution in [-0.2, 0) is 11.3 Å². The first-order valence-electron chi connectivity index (χ1n) is 9.72. The molecule has 0 radical (unpaired) electrons. The zero-order valence-corrected chi connectivity index (χ0v) is 16.9. The van der Waals surface area contributed by atoms with Gasteiger partial charge >= 0.3 is 0 Å². The fourth-order valence-electron chi connectivity index (χ4n) is 3.90. The fourth-order valence-corrected chi connectivity index (χ4v) is 3.90. The highest BCUT2D eigenvalue weighted by molar-refractivity contribution is 5.73. The van der Waals surface area contributed by atoms with Crippen LogP contribution in [0.25, 0.3) is 0 Å². The maximum atomic E-state index is 11.7. The highest BCUT2D eigenvalue weighted by atomic mass is 16.5. The van der Waals surface area contributed by atoms with E-state index < -0.39 is 0 Å². The molecule has 1 amide bonds. The smallest absolute Gasteiger partial charge is 0.217 e. The second-order valence-corrected chi connectivity index (χ2v) is 7.22. The van der Waals surface area contributed by atoms with Crippen LogP contribution in [0.4, 0.5) is 0 Å². The molecule has 0 saturated carbocycles. The number of carbonyl (C=O) groups is 1. The summed E-state index contributed by atoms with van der Waals surface area (Å²) < 4.78 is 10.9. The van der Waals surface area contributed by atoms with Gasteiger partial charge in [0, 0.05) is 25.2 Å². The summed E-state index contributed by atoms with van der Waals surface area (Å²) >= 11 is 0. The van der Waals surface area contributed by atoms with E-state index in [-0.39, 0.29) is 11.9 Å². The molecule has 1 fully saturated rings. The Balaban J connectivity index is 1.65. The van der Waals surface area contributed by atoms with Crippen molar-refractivity contribution in [3.8, 4) is 11.5 Å². The van der Waals surface area contributed by atoms with E-state index in [0.29, 0.717) is 5.92 Å². The predicted molar refractivity (Wildman–Crippen MR) is 108 cm³/mol. The van der Waals surface area contributed by atoms with Crippen LogP contribution < -0.4 is 14.8 Å². The van der Waals surface area contributed by atoms with Gasteiger partial charge in [-0.2, -0.15) is 0 Å². The normalized spacial score (nSPS) is 16.4. The molecular weight excluding hydrogens is 354 g/mol. The topological polar surface area (TPSA) is 63.7 Å². The van der Waals surface area contributed by atoms with Crippen LogP contribution in [0, 0.1) is 5.92 Å². The van der Waals surface area contributed by atoms with E-state index in [9.17, 15) is 4.79 Å². The van der Waals surface area contributed by atoms with Crippen molar-refractivity contribution in [2.75, 3.05) is 27.3 Å². The molecule has 0 aliphatic carbocycles. The third-order valence-corrected chi connectivity index (χ3v) is 5.35. The lowest BCUT2D eigenvalue weighted by molar-refractivity contribution is -0.120. The Labute approximate surface area is 166 Å². The highest BCUT2D eigenvalue weighted by Crippen LogP contribution is 2.32. The molecule has 1 aliphatic heterocycles. The Hall–Kier alpha value is -2.60. The van der Waals surface area contributed by atoms with Crippen LogP contribution in [0.2, 0.25) is 0 Å². The van der Waals surface area contributed by atoms with Crippen LogP contribution in [0.5, 0.6) is 11.5 Å². The number of benzene rings is 1. The summed E-state index contributed by atoms with van der Waals surface area (Å²) in [6, 6.07) is 11.7. The maximum absolute atomic E-state index is 11.7.